The van der Waals surface area contributed by atoms with Gasteiger partial charge in [-0.3, -0.25) is 0 Å². The van der Waals surface area contributed by atoms with Crippen molar-refractivity contribution in [1.82, 2.24) is 0 Å². The van der Waals surface area contributed by atoms with Gasteiger partial charge in [-0.05, 0) is 23.8 Å². The number of rotatable bonds is 3. The molecule has 0 heterocycles. The lowest BCUT2D eigenvalue weighted by molar-refractivity contribution is -0.274. The highest BCUT2D eigenvalue weighted by molar-refractivity contribution is 5.87. The van der Waals surface area contributed by atoms with Crippen LogP contribution in [-0.4, -0.2) is 12.3 Å². The molecule has 0 aromatic heterocycles. The van der Waals surface area contributed by atoms with Gasteiger partial charge < -0.3 is 14.6 Å². The lowest BCUT2D eigenvalue weighted by Crippen LogP contribution is -2.23. The SMILES string of the molecule is O=C([O-])c1ccc(-c2ccccc2OC(F)(F)F)cc1F. The topological polar surface area (TPSA) is 49.4 Å². The molecule has 110 valence electrons. The number of carboxylic acids is 1. The van der Waals surface area contributed by atoms with E-state index in [9.17, 15) is 27.5 Å². The molecule has 21 heavy (non-hydrogen) atoms. The number of carbonyl (C=O) groups is 1. The van der Waals surface area contributed by atoms with E-state index in [1.165, 1.54) is 24.3 Å². The Hall–Kier alpha value is -2.57. The second kappa shape index (κ2) is 5.43. The Morgan fingerprint density at radius 2 is 1.76 bits per heavy atom. The highest BCUT2D eigenvalue weighted by atomic mass is 19.4. The number of hydrogen-bond donors (Lipinski definition) is 0. The van der Waals surface area contributed by atoms with Gasteiger partial charge in [0.15, 0.2) is 0 Å². The van der Waals surface area contributed by atoms with Crippen molar-refractivity contribution in [2.75, 3.05) is 0 Å². The van der Waals surface area contributed by atoms with E-state index in [1.807, 2.05) is 0 Å². The van der Waals surface area contributed by atoms with Gasteiger partial charge in [-0.25, -0.2) is 4.39 Å². The van der Waals surface area contributed by atoms with Crippen molar-refractivity contribution < 1.29 is 32.2 Å². The van der Waals surface area contributed by atoms with Crippen LogP contribution >= 0.6 is 0 Å². The number of carbonyl (C=O) groups excluding carboxylic acids is 1. The molecular weight excluding hydrogens is 292 g/mol. The maximum absolute atomic E-state index is 13.6. The van der Waals surface area contributed by atoms with Crippen LogP contribution in [0.1, 0.15) is 10.4 Å². The summed E-state index contributed by atoms with van der Waals surface area (Å²) in [6, 6.07) is 8.06. The normalized spacial score (nSPS) is 11.2. The van der Waals surface area contributed by atoms with Gasteiger partial charge >= 0.3 is 6.36 Å². The first-order valence-corrected chi connectivity index (χ1v) is 5.64. The summed E-state index contributed by atoms with van der Waals surface area (Å²) in [7, 11) is 0. The van der Waals surface area contributed by atoms with Crippen LogP contribution in [0.2, 0.25) is 0 Å². The molecule has 0 radical (unpaired) electrons. The zero-order chi connectivity index (χ0) is 15.6. The number of para-hydroxylation sites is 1. The van der Waals surface area contributed by atoms with E-state index in [2.05, 4.69) is 4.74 Å². The molecule has 0 fully saturated rings. The van der Waals surface area contributed by atoms with E-state index in [4.69, 9.17) is 0 Å². The number of benzene rings is 2. The summed E-state index contributed by atoms with van der Waals surface area (Å²) >= 11 is 0. The van der Waals surface area contributed by atoms with Crippen molar-refractivity contribution >= 4 is 5.97 Å². The molecule has 0 aliphatic rings. The molecule has 0 N–H and O–H groups in total. The molecule has 0 saturated heterocycles. The van der Waals surface area contributed by atoms with E-state index in [-0.39, 0.29) is 11.1 Å². The molecule has 0 spiro atoms. The van der Waals surface area contributed by atoms with Crippen molar-refractivity contribution in [1.29, 1.82) is 0 Å². The third kappa shape index (κ3) is 3.50. The first-order valence-electron chi connectivity index (χ1n) is 5.64. The molecule has 7 heteroatoms. The Labute approximate surface area is 116 Å². The maximum Gasteiger partial charge on any atom is 0.573 e. The second-order valence-corrected chi connectivity index (χ2v) is 4.03. The highest BCUT2D eigenvalue weighted by Crippen LogP contribution is 2.34. The van der Waals surface area contributed by atoms with Gasteiger partial charge in [0, 0.05) is 11.1 Å². The standard InChI is InChI=1S/C14H8F4O3/c15-11-7-8(5-6-10(11)13(19)20)9-3-1-2-4-12(9)21-14(16,17)18/h1-7H,(H,19,20)/p-1. The fourth-order valence-electron chi connectivity index (χ4n) is 1.77. The van der Waals surface area contributed by atoms with Crippen molar-refractivity contribution in [3.63, 3.8) is 0 Å². The predicted molar refractivity (Wildman–Crippen MR) is 62.8 cm³/mol. The number of hydrogen-bond acceptors (Lipinski definition) is 3. The lowest BCUT2D eigenvalue weighted by Gasteiger charge is -2.14. The maximum atomic E-state index is 13.6. The molecule has 2 aromatic carbocycles. The second-order valence-electron chi connectivity index (χ2n) is 4.03. The quantitative estimate of drug-likeness (QED) is 0.819. The van der Waals surface area contributed by atoms with Crippen molar-refractivity contribution in [3.8, 4) is 16.9 Å². The molecule has 0 aliphatic heterocycles. The summed E-state index contributed by atoms with van der Waals surface area (Å²) in [5, 5.41) is 10.6. The molecule has 2 aromatic rings. The van der Waals surface area contributed by atoms with Gasteiger partial charge in [0.25, 0.3) is 0 Å². The van der Waals surface area contributed by atoms with Crippen LogP contribution in [0.3, 0.4) is 0 Å². The fraction of sp³-hybridized carbons (Fsp3) is 0.0714. The van der Waals surface area contributed by atoms with Gasteiger partial charge in [0.2, 0.25) is 0 Å². The molecule has 0 unspecified atom stereocenters. The molecule has 0 saturated carbocycles. The summed E-state index contributed by atoms with van der Waals surface area (Å²) in [5.74, 6) is -3.32. The molecule has 3 nitrogen and oxygen atoms in total. The zero-order valence-electron chi connectivity index (χ0n) is 10.3. The van der Waals surface area contributed by atoms with E-state index in [0.29, 0.717) is 0 Å². The van der Waals surface area contributed by atoms with E-state index >= 15 is 0 Å². The van der Waals surface area contributed by atoms with E-state index in [0.717, 1.165) is 18.2 Å². The lowest BCUT2D eigenvalue weighted by atomic mass is 10.0. The van der Waals surface area contributed by atoms with Crippen LogP contribution in [0.25, 0.3) is 11.1 Å². The first-order chi connectivity index (χ1) is 9.78. The number of halogens is 4. The molecular formula is C14H7F4O3-. The van der Waals surface area contributed by atoms with Crippen molar-refractivity contribution in [3.05, 3.63) is 53.8 Å². The smallest absolute Gasteiger partial charge is 0.545 e. The molecule has 0 amide bonds. The number of alkyl halides is 3. The van der Waals surface area contributed by atoms with E-state index < -0.39 is 29.5 Å². The largest absolute Gasteiger partial charge is 0.573 e. The van der Waals surface area contributed by atoms with Crippen molar-refractivity contribution in [2.24, 2.45) is 0 Å². The summed E-state index contributed by atoms with van der Waals surface area (Å²) in [6.07, 6.45) is -4.89. The predicted octanol–water partition coefficient (Wildman–Crippen LogP) is 2.75. The third-order valence-corrected chi connectivity index (χ3v) is 2.61. The van der Waals surface area contributed by atoms with Gasteiger partial charge in [-0.2, -0.15) is 0 Å². The Morgan fingerprint density at radius 1 is 1.10 bits per heavy atom. The number of aromatic carboxylic acids is 1. The minimum atomic E-state index is -4.89. The van der Waals surface area contributed by atoms with Crippen LogP contribution < -0.4 is 9.84 Å². The number of ether oxygens (including phenoxy) is 1. The Morgan fingerprint density at radius 3 is 2.33 bits per heavy atom. The average Bonchev–Trinajstić information content (AvgIpc) is 2.36. The Balaban J connectivity index is 2.47. The van der Waals surface area contributed by atoms with Gasteiger partial charge in [0.05, 0.1) is 5.97 Å². The minimum absolute atomic E-state index is 0.0152. The third-order valence-electron chi connectivity index (χ3n) is 2.61. The van der Waals surface area contributed by atoms with Gasteiger partial charge in [-0.1, -0.05) is 24.3 Å². The zero-order valence-corrected chi connectivity index (χ0v) is 10.3. The van der Waals surface area contributed by atoms with Crippen LogP contribution in [0.4, 0.5) is 17.6 Å². The fourth-order valence-corrected chi connectivity index (χ4v) is 1.77. The van der Waals surface area contributed by atoms with Crippen LogP contribution in [0.15, 0.2) is 42.5 Å². The first kappa shape index (κ1) is 14.8. The Bertz CT molecular complexity index is 680. The summed E-state index contributed by atoms with van der Waals surface area (Å²) in [6.45, 7) is 0. The summed E-state index contributed by atoms with van der Waals surface area (Å²) in [5.41, 5.74) is -0.635. The molecule has 0 atom stereocenters. The minimum Gasteiger partial charge on any atom is -0.545 e. The monoisotopic (exact) mass is 299 g/mol. The average molecular weight is 299 g/mol. The van der Waals surface area contributed by atoms with Crippen molar-refractivity contribution in [2.45, 2.75) is 6.36 Å². The van der Waals surface area contributed by atoms with Crippen LogP contribution in [-0.2, 0) is 0 Å². The van der Waals surface area contributed by atoms with Crippen LogP contribution in [0.5, 0.6) is 5.75 Å². The van der Waals surface area contributed by atoms with Gasteiger partial charge in [0.1, 0.15) is 11.6 Å². The molecule has 0 aliphatic carbocycles. The highest BCUT2D eigenvalue weighted by Gasteiger charge is 2.32. The molecule has 0 bridgehead atoms. The van der Waals surface area contributed by atoms with E-state index in [1.54, 1.807) is 0 Å². The number of carboxylic acid groups (broad SMARTS) is 1. The van der Waals surface area contributed by atoms with Gasteiger partial charge in [-0.15, -0.1) is 13.2 Å². The molecule has 2 rings (SSSR count). The van der Waals surface area contributed by atoms with Crippen LogP contribution in [0, 0.1) is 5.82 Å². The Kier molecular flexibility index (Phi) is 3.84. The summed E-state index contributed by atoms with van der Waals surface area (Å²) < 4.78 is 54.3. The summed E-state index contributed by atoms with van der Waals surface area (Å²) in [4.78, 5) is 10.6.